The summed E-state index contributed by atoms with van der Waals surface area (Å²) >= 11 is 0. The molecule has 0 aromatic rings. The second-order valence-electron chi connectivity index (χ2n) is 6.07. The minimum atomic E-state index is -0.735. The number of hydrogen-bond acceptors (Lipinski definition) is 2. The number of likely N-dealkylation sites (tertiary alicyclic amines) is 1. The van der Waals surface area contributed by atoms with Crippen LogP contribution in [-0.2, 0) is 4.79 Å². The van der Waals surface area contributed by atoms with Gasteiger partial charge in [-0.25, -0.2) is 0 Å². The third kappa shape index (κ3) is 2.40. The van der Waals surface area contributed by atoms with Crippen LogP contribution >= 0.6 is 0 Å². The molecule has 1 saturated heterocycles. The Bertz CT molecular complexity index is 268. The molecule has 1 fully saturated rings. The van der Waals surface area contributed by atoms with Gasteiger partial charge in [-0.15, -0.1) is 0 Å². The van der Waals surface area contributed by atoms with Gasteiger partial charge in [-0.2, -0.15) is 0 Å². The van der Waals surface area contributed by atoms with Crippen LogP contribution in [0.15, 0.2) is 0 Å². The number of carbonyl (C=O) groups excluding carboxylic acids is 1. The van der Waals surface area contributed by atoms with Crippen molar-refractivity contribution in [2.75, 3.05) is 13.1 Å². The summed E-state index contributed by atoms with van der Waals surface area (Å²) < 4.78 is 0. The summed E-state index contributed by atoms with van der Waals surface area (Å²) in [5, 5.41) is 0. The van der Waals surface area contributed by atoms with Crippen LogP contribution in [0.3, 0.4) is 0 Å². The van der Waals surface area contributed by atoms with Gasteiger partial charge in [-0.3, -0.25) is 4.79 Å². The summed E-state index contributed by atoms with van der Waals surface area (Å²) in [5.74, 6) is 0.708. The van der Waals surface area contributed by atoms with Crippen LogP contribution in [0.5, 0.6) is 0 Å². The maximum atomic E-state index is 12.1. The van der Waals surface area contributed by atoms with Crippen molar-refractivity contribution < 1.29 is 4.79 Å². The van der Waals surface area contributed by atoms with Crippen molar-refractivity contribution >= 4 is 5.91 Å². The molecule has 2 N–H and O–H groups in total. The lowest BCUT2D eigenvalue weighted by molar-refractivity contribution is -0.135. The first-order valence-corrected chi connectivity index (χ1v) is 6.31. The molecule has 1 rings (SSSR count). The Kier molecular flexibility index (Phi) is 3.68. The first-order valence-electron chi connectivity index (χ1n) is 6.31. The van der Waals surface area contributed by atoms with Gasteiger partial charge in [-0.05, 0) is 38.0 Å². The van der Waals surface area contributed by atoms with Gasteiger partial charge in [0.15, 0.2) is 0 Å². The Morgan fingerprint density at radius 3 is 2.38 bits per heavy atom. The summed E-state index contributed by atoms with van der Waals surface area (Å²) in [7, 11) is 0. The van der Waals surface area contributed by atoms with Gasteiger partial charge in [0, 0.05) is 13.1 Å². The van der Waals surface area contributed by atoms with Gasteiger partial charge in [0.05, 0.1) is 5.54 Å². The van der Waals surface area contributed by atoms with Crippen molar-refractivity contribution in [3.05, 3.63) is 0 Å². The van der Waals surface area contributed by atoms with E-state index in [0.717, 1.165) is 25.9 Å². The summed E-state index contributed by atoms with van der Waals surface area (Å²) in [6, 6.07) is 0. The van der Waals surface area contributed by atoms with Gasteiger partial charge in [0.25, 0.3) is 0 Å². The monoisotopic (exact) mass is 226 g/mol. The molecule has 16 heavy (non-hydrogen) atoms. The Hall–Kier alpha value is -0.570. The number of hydrogen-bond donors (Lipinski definition) is 1. The van der Waals surface area contributed by atoms with Gasteiger partial charge < -0.3 is 10.6 Å². The molecule has 0 spiro atoms. The predicted octanol–water partition coefficient (Wildman–Crippen LogP) is 2.01. The number of nitrogens with zero attached hydrogens (tertiary/aromatic N) is 1. The summed E-state index contributed by atoms with van der Waals surface area (Å²) in [4.78, 5) is 14.0. The van der Waals surface area contributed by atoms with Gasteiger partial charge in [0.2, 0.25) is 5.91 Å². The molecule has 1 atom stereocenters. The Labute approximate surface area is 99.4 Å². The van der Waals surface area contributed by atoms with E-state index < -0.39 is 5.54 Å². The number of carbonyl (C=O) groups is 1. The molecule has 94 valence electrons. The second kappa shape index (κ2) is 4.36. The van der Waals surface area contributed by atoms with Crippen molar-refractivity contribution in [1.82, 2.24) is 4.90 Å². The van der Waals surface area contributed by atoms with Crippen molar-refractivity contribution in [3.63, 3.8) is 0 Å². The molecule has 3 nitrogen and oxygen atoms in total. The molecule has 0 bridgehead atoms. The molecule has 3 heteroatoms. The van der Waals surface area contributed by atoms with E-state index in [1.54, 1.807) is 13.8 Å². The van der Waals surface area contributed by atoms with Crippen molar-refractivity contribution in [2.45, 2.75) is 53.0 Å². The summed E-state index contributed by atoms with van der Waals surface area (Å²) in [5.41, 5.74) is 5.44. The van der Waals surface area contributed by atoms with E-state index in [0.29, 0.717) is 11.3 Å². The third-order valence-corrected chi connectivity index (χ3v) is 4.15. The van der Waals surface area contributed by atoms with E-state index in [-0.39, 0.29) is 5.91 Å². The molecule has 0 unspecified atom stereocenters. The van der Waals surface area contributed by atoms with Crippen molar-refractivity contribution in [1.29, 1.82) is 0 Å². The van der Waals surface area contributed by atoms with Crippen molar-refractivity contribution in [2.24, 2.45) is 17.1 Å². The lowest BCUT2D eigenvalue weighted by Crippen LogP contribution is -2.51. The maximum Gasteiger partial charge on any atom is 0.242 e. The maximum absolute atomic E-state index is 12.1. The van der Waals surface area contributed by atoms with E-state index in [1.165, 1.54) is 0 Å². The van der Waals surface area contributed by atoms with Gasteiger partial charge >= 0.3 is 0 Å². The minimum Gasteiger partial charge on any atom is -0.341 e. The van der Waals surface area contributed by atoms with Crippen LogP contribution in [-0.4, -0.2) is 29.4 Å². The molecule has 1 aliphatic heterocycles. The van der Waals surface area contributed by atoms with Crippen LogP contribution in [0.2, 0.25) is 0 Å². The fourth-order valence-corrected chi connectivity index (χ4v) is 2.64. The lowest BCUT2D eigenvalue weighted by atomic mass is 9.74. The molecular formula is C13H26N2O. The molecule has 0 aromatic carbocycles. The molecule has 0 radical (unpaired) electrons. The average Bonchev–Trinajstić information content (AvgIpc) is 2.60. The van der Waals surface area contributed by atoms with Gasteiger partial charge in [0.1, 0.15) is 0 Å². The smallest absolute Gasteiger partial charge is 0.242 e. The van der Waals surface area contributed by atoms with Crippen LogP contribution in [0.4, 0.5) is 0 Å². The summed E-state index contributed by atoms with van der Waals surface area (Å²) in [6.45, 7) is 12.1. The SMILES string of the molecule is CC[C@]1(C(C)C)CCN(C(=O)C(C)(C)N)C1. The van der Waals surface area contributed by atoms with Crippen LogP contribution in [0.25, 0.3) is 0 Å². The first kappa shape index (κ1) is 13.5. The minimum absolute atomic E-state index is 0.0866. The summed E-state index contributed by atoms with van der Waals surface area (Å²) in [6.07, 6.45) is 2.25. The van der Waals surface area contributed by atoms with Crippen molar-refractivity contribution in [3.8, 4) is 0 Å². The molecule has 0 saturated carbocycles. The standard InChI is InChI=1S/C13H26N2O/c1-6-13(10(2)3)7-8-15(9-13)11(16)12(4,5)14/h10H,6-9,14H2,1-5H3/t13-/m0/s1. The predicted molar refractivity (Wildman–Crippen MR) is 67.0 cm³/mol. The lowest BCUT2D eigenvalue weighted by Gasteiger charge is -2.33. The van der Waals surface area contributed by atoms with E-state index in [4.69, 9.17) is 5.73 Å². The van der Waals surface area contributed by atoms with E-state index >= 15 is 0 Å². The number of nitrogens with two attached hydrogens (primary N) is 1. The topological polar surface area (TPSA) is 46.3 Å². The van der Waals surface area contributed by atoms with Crippen LogP contribution < -0.4 is 5.73 Å². The van der Waals surface area contributed by atoms with Crippen LogP contribution in [0, 0.1) is 11.3 Å². The molecule has 1 heterocycles. The normalized spacial score (nSPS) is 26.6. The molecule has 0 aromatic heterocycles. The first-order chi connectivity index (χ1) is 7.23. The molecule has 1 amide bonds. The molecule has 0 aliphatic carbocycles. The zero-order valence-electron chi connectivity index (χ0n) is 11.3. The average molecular weight is 226 g/mol. The Morgan fingerprint density at radius 1 is 1.50 bits per heavy atom. The number of rotatable bonds is 3. The largest absolute Gasteiger partial charge is 0.341 e. The highest BCUT2D eigenvalue weighted by Gasteiger charge is 2.42. The quantitative estimate of drug-likeness (QED) is 0.800. The van der Waals surface area contributed by atoms with E-state index in [9.17, 15) is 4.79 Å². The highest BCUT2D eigenvalue weighted by Crippen LogP contribution is 2.41. The zero-order valence-corrected chi connectivity index (χ0v) is 11.3. The Morgan fingerprint density at radius 2 is 2.06 bits per heavy atom. The number of amides is 1. The zero-order chi connectivity index (χ0) is 12.6. The molecular weight excluding hydrogens is 200 g/mol. The highest BCUT2D eigenvalue weighted by atomic mass is 16.2. The van der Waals surface area contributed by atoms with Gasteiger partial charge in [-0.1, -0.05) is 20.8 Å². The second-order valence-corrected chi connectivity index (χ2v) is 6.07. The Balaban J connectivity index is 2.75. The fraction of sp³-hybridized carbons (Fsp3) is 0.923. The fourth-order valence-electron chi connectivity index (χ4n) is 2.64. The van der Waals surface area contributed by atoms with E-state index in [1.807, 2.05) is 4.90 Å². The van der Waals surface area contributed by atoms with E-state index in [2.05, 4.69) is 20.8 Å². The molecule has 1 aliphatic rings. The highest BCUT2D eigenvalue weighted by molar-refractivity contribution is 5.85. The third-order valence-electron chi connectivity index (χ3n) is 4.15. The van der Waals surface area contributed by atoms with Crippen LogP contribution in [0.1, 0.15) is 47.5 Å².